The van der Waals surface area contributed by atoms with Gasteiger partial charge in [0.15, 0.2) is 48.7 Å². The molecule has 0 radical (unpaired) electrons. The van der Waals surface area contributed by atoms with Crippen molar-refractivity contribution in [2.24, 2.45) is 0 Å². The van der Waals surface area contributed by atoms with Crippen LogP contribution in [0.4, 0.5) is 0 Å². The second-order valence-electron chi connectivity index (χ2n) is 17.8. The molecule has 30 nitrogen and oxygen atoms in total. The van der Waals surface area contributed by atoms with Crippen molar-refractivity contribution in [1.82, 2.24) is 10.6 Å². The Morgan fingerprint density at radius 1 is 0.577 bits per heavy atom. The Morgan fingerprint density at radius 3 is 1.59 bits per heavy atom. The lowest BCUT2D eigenvalue weighted by Gasteiger charge is -2.51. The van der Waals surface area contributed by atoms with Gasteiger partial charge in [-0.15, -0.1) is 23.5 Å². The van der Waals surface area contributed by atoms with Gasteiger partial charge in [-0.3, -0.25) is 52.7 Å². The zero-order valence-electron chi connectivity index (χ0n) is 44.8. The monoisotopic (exact) mass is 1160 g/mol. The summed E-state index contributed by atoms with van der Waals surface area (Å²) in [4.78, 5) is 152. The molecule has 0 aromatic carbocycles. The standard InChI is InChI=1S/C46H66N2O28S2/c1-18(49)47-32-36(33(67-23(6)54)29(66-22(5)53)14-64-20(3)51)76-46(62,44(60)63-13)42(37(32)69-25(8)56)78-17-77-16-31-35(68-24(7)55)38(70-26(9)57)40(72-28(11)59)43(73-31)74-34-30(15-65-21(4)52)75-45(12,61)41(48-19(2)50)39(34)71-27(10)58/h29-43,61-62H,14-17H2,1-13H3,(H,47,49)(H,48,50)/t29-,30-,31-,32+,33-,34-,35+,36-,37-,38+,39+,40-,41-,42-,43+,45-,46+/m1/s1. The molecule has 3 saturated heterocycles. The molecule has 0 spiro atoms. The zero-order chi connectivity index (χ0) is 59.1. The van der Waals surface area contributed by atoms with Crippen molar-refractivity contribution in [2.45, 2.75) is 185 Å². The maximum absolute atomic E-state index is 13.8. The van der Waals surface area contributed by atoms with Gasteiger partial charge in [0.05, 0.1) is 13.2 Å². The largest absolute Gasteiger partial charge is 0.465 e. The number of thioether (sulfide) groups is 2. The number of ether oxygens (including phenoxy) is 14. The van der Waals surface area contributed by atoms with E-state index in [0.717, 1.165) is 102 Å². The fourth-order valence-electron chi connectivity index (χ4n) is 8.56. The summed E-state index contributed by atoms with van der Waals surface area (Å²) in [5.41, 5.74) is 0. The summed E-state index contributed by atoms with van der Waals surface area (Å²) in [6.07, 6.45) is -21.3. The molecule has 4 N–H and O–H groups in total. The Bertz CT molecular complexity index is 2230. The molecule has 3 fully saturated rings. The fourth-order valence-corrected chi connectivity index (χ4v) is 11.2. The van der Waals surface area contributed by atoms with Gasteiger partial charge in [0, 0.05) is 87.0 Å². The van der Waals surface area contributed by atoms with E-state index in [-0.39, 0.29) is 10.8 Å². The van der Waals surface area contributed by atoms with Crippen molar-refractivity contribution in [2.75, 3.05) is 31.2 Å². The van der Waals surface area contributed by atoms with Gasteiger partial charge in [0.2, 0.25) is 11.8 Å². The summed E-state index contributed by atoms with van der Waals surface area (Å²) in [5, 5.41) is 26.7. The van der Waals surface area contributed by atoms with E-state index in [0.29, 0.717) is 11.8 Å². The maximum Gasteiger partial charge on any atom is 0.367 e. The van der Waals surface area contributed by atoms with Gasteiger partial charge in [0.25, 0.3) is 5.79 Å². The minimum absolute atomic E-state index is 0.314. The highest BCUT2D eigenvalue weighted by atomic mass is 32.2. The molecule has 17 atom stereocenters. The molecular weight excluding hydrogens is 1090 g/mol. The van der Waals surface area contributed by atoms with Gasteiger partial charge in [0.1, 0.15) is 55.0 Å². The van der Waals surface area contributed by atoms with Crippen molar-refractivity contribution in [3.8, 4) is 0 Å². The van der Waals surface area contributed by atoms with Gasteiger partial charge in [-0.05, 0) is 6.92 Å². The van der Waals surface area contributed by atoms with Crippen LogP contribution in [0.1, 0.15) is 83.1 Å². The molecular formula is C46H66N2O28S2. The molecule has 0 bridgehead atoms. The predicted molar refractivity (Wildman–Crippen MR) is 257 cm³/mol. The molecule has 440 valence electrons. The third kappa shape index (κ3) is 18.9. The van der Waals surface area contributed by atoms with E-state index in [1.807, 2.05) is 0 Å². The number of aliphatic hydroxyl groups is 2. The molecule has 0 aromatic heterocycles. The highest BCUT2D eigenvalue weighted by Crippen LogP contribution is 2.43. The first kappa shape index (κ1) is 66.4. The third-order valence-electron chi connectivity index (χ3n) is 11.1. The Balaban J connectivity index is 2.22. The molecule has 3 heterocycles. The predicted octanol–water partition coefficient (Wildman–Crippen LogP) is -2.09. The zero-order valence-corrected chi connectivity index (χ0v) is 46.4. The van der Waals surface area contributed by atoms with Crippen LogP contribution in [0.15, 0.2) is 0 Å². The average Bonchev–Trinajstić information content (AvgIpc) is 3.29. The van der Waals surface area contributed by atoms with E-state index in [4.69, 9.17) is 66.3 Å². The quantitative estimate of drug-likeness (QED) is 0.0369. The van der Waals surface area contributed by atoms with E-state index >= 15 is 0 Å². The lowest BCUT2D eigenvalue weighted by molar-refractivity contribution is -0.360. The molecule has 3 rings (SSSR count). The SMILES string of the molecule is COC(=O)[C@@]1(O)O[C@@H]([C@H](OC(C)=O)[C@@H](COC(C)=O)OC(C)=O)[C@H](NC(C)=O)[C@@H](OC(C)=O)[C@H]1SCSC[C@H]1O[C@@H](O[C@H]2[C@H](OC(C)=O)[C@@H](NC(C)=O)[C@](C)(O)O[C@@H]2COC(C)=O)[C@H](OC(C)=O)[C@@H](OC(C)=O)[C@H]1OC(C)=O. The molecule has 0 unspecified atom stereocenters. The lowest BCUT2D eigenvalue weighted by Crippen LogP contribution is -2.74. The van der Waals surface area contributed by atoms with Crippen LogP contribution in [-0.2, 0) is 124 Å². The molecule has 3 aliphatic heterocycles. The first-order valence-electron chi connectivity index (χ1n) is 23.6. The number of esters is 10. The minimum Gasteiger partial charge on any atom is -0.465 e. The van der Waals surface area contributed by atoms with Crippen LogP contribution in [0, 0.1) is 0 Å². The van der Waals surface area contributed by atoms with Crippen LogP contribution in [0.3, 0.4) is 0 Å². The number of carbonyl (C=O) groups is 12. The minimum atomic E-state index is -3.22. The highest BCUT2D eigenvalue weighted by Gasteiger charge is 2.64. The molecule has 0 saturated carbocycles. The first-order valence-corrected chi connectivity index (χ1v) is 25.8. The second-order valence-corrected chi connectivity index (χ2v) is 20.3. The van der Waals surface area contributed by atoms with Crippen LogP contribution in [0.25, 0.3) is 0 Å². The number of hydrogen-bond acceptors (Lipinski definition) is 30. The van der Waals surface area contributed by atoms with Crippen LogP contribution >= 0.6 is 23.5 Å². The van der Waals surface area contributed by atoms with E-state index < -0.39 is 187 Å². The summed E-state index contributed by atoms with van der Waals surface area (Å²) in [5.74, 6) is -17.9. The number of amides is 2. The summed E-state index contributed by atoms with van der Waals surface area (Å²) in [7, 11) is 0.855. The molecule has 78 heavy (non-hydrogen) atoms. The van der Waals surface area contributed by atoms with E-state index in [1.54, 1.807) is 0 Å². The third-order valence-corrected chi connectivity index (χ3v) is 13.8. The van der Waals surface area contributed by atoms with Crippen molar-refractivity contribution in [3.63, 3.8) is 0 Å². The van der Waals surface area contributed by atoms with Crippen LogP contribution in [0.5, 0.6) is 0 Å². The van der Waals surface area contributed by atoms with Crippen molar-refractivity contribution >= 4 is 95.0 Å². The Kier molecular flexibility index (Phi) is 25.0. The summed E-state index contributed by atoms with van der Waals surface area (Å²) in [6.45, 7) is 10.5. The lowest BCUT2D eigenvalue weighted by atomic mass is 9.87. The fraction of sp³-hybridized carbons (Fsp3) is 0.739. The number of carbonyl (C=O) groups excluding carboxylic acids is 12. The molecule has 3 aliphatic rings. The molecule has 2 amide bonds. The van der Waals surface area contributed by atoms with E-state index in [2.05, 4.69) is 10.6 Å². The van der Waals surface area contributed by atoms with Gasteiger partial charge in [-0.25, -0.2) is 4.79 Å². The van der Waals surface area contributed by atoms with Crippen molar-refractivity contribution in [1.29, 1.82) is 0 Å². The van der Waals surface area contributed by atoms with E-state index in [1.165, 1.54) is 0 Å². The van der Waals surface area contributed by atoms with E-state index in [9.17, 15) is 67.7 Å². The number of hydrogen-bond donors (Lipinski definition) is 4. The summed E-state index contributed by atoms with van der Waals surface area (Å²) in [6, 6.07) is -3.32. The summed E-state index contributed by atoms with van der Waals surface area (Å²) < 4.78 is 78.9. The van der Waals surface area contributed by atoms with Gasteiger partial charge >= 0.3 is 59.7 Å². The average molecular weight is 1160 g/mol. The van der Waals surface area contributed by atoms with Crippen LogP contribution < -0.4 is 10.6 Å². The van der Waals surface area contributed by atoms with Crippen molar-refractivity contribution in [3.05, 3.63) is 0 Å². The number of methoxy groups -OCH3 is 1. The number of rotatable bonds is 23. The summed E-state index contributed by atoms with van der Waals surface area (Å²) >= 11 is 1.52. The highest BCUT2D eigenvalue weighted by molar-refractivity contribution is 8.16. The Labute approximate surface area is 455 Å². The maximum atomic E-state index is 13.8. The molecule has 0 aromatic rings. The smallest absolute Gasteiger partial charge is 0.367 e. The molecule has 0 aliphatic carbocycles. The van der Waals surface area contributed by atoms with Crippen LogP contribution in [-0.4, -0.2) is 215 Å². The van der Waals surface area contributed by atoms with Crippen LogP contribution in [0.2, 0.25) is 0 Å². The molecule has 32 heteroatoms. The van der Waals surface area contributed by atoms with Gasteiger partial charge in [-0.2, -0.15) is 0 Å². The van der Waals surface area contributed by atoms with Gasteiger partial charge in [-0.1, -0.05) is 0 Å². The normalized spacial score (nSPS) is 31.2. The Morgan fingerprint density at radius 2 is 1.09 bits per heavy atom. The van der Waals surface area contributed by atoms with Gasteiger partial charge < -0.3 is 87.2 Å². The Hall–Kier alpha value is -5.90. The number of nitrogens with one attached hydrogen (secondary N) is 2. The topological polar surface area (TPSA) is 399 Å². The van der Waals surface area contributed by atoms with Crippen molar-refractivity contribution < 1.29 is 134 Å². The second kappa shape index (κ2) is 29.4. The first-order chi connectivity index (χ1) is 36.2.